The fourth-order valence-electron chi connectivity index (χ4n) is 4.27. The number of fused-ring (bicyclic) bond motifs is 1. The Morgan fingerprint density at radius 2 is 1.82 bits per heavy atom. The van der Waals surface area contributed by atoms with E-state index in [4.69, 9.17) is 27.9 Å². The van der Waals surface area contributed by atoms with Gasteiger partial charge in [-0.3, -0.25) is 4.31 Å². The molecule has 1 fully saturated rings. The van der Waals surface area contributed by atoms with E-state index in [9.17, 15) is 8.42 Å². The zero-order chi connectivity index (χ0) is 20.2. The van der Waals surface area contributed by atoms with Crippen molar-refractivity contribution < 1.29 is 13.2 Å². The molecule has 1 heterocycles. The van der Waals surface area contributed by atoms with Crippen LogP contribution in [0.15, 0.2) is 59.6 Å². The molecular formula is C21H21Cl2NO3S. The molecule has 28 heavy (non-hydrogen) atoms. The minimum Gasteiger partial charge on any atom is -0.384 e. The van der Waals surface area contributed by atoms with E-state index in [1.807, 2.05) is 37.3 Å². The molecule has 4 rings (SSSR count). The van der Waals surface area contributed by atoms with Crippen molar-refractivity contribution in [2.75, 3.05) is 20.3 Å². The van der Waals surface area contributed by atoms with Gasteiger partial charge in [-0.05, 0) is 43.2 Å². The van der Waals surface area contributed by atoms with Gasteiger partial charge in [0.15, 0.2) is 0 Å². The largest absolute Gasteiger partial charge is 0.384 e. The van der Waals surface area contributed by atoms with Crippen LogP contribution in [-0.4, -0.2) is 33.0 Å². The van der Waals surface area contributed by atoms with Crippen molar-refractivity contribution in [2.24, 2.45) is 5.41 Å². The molecule has 0 saturated heterocycles. The third kappa shape index (κ3) is 2.96. The van der Waals surface area contributed by atoms with Gasteiger partial charge >= 0.3 is 0 Å². The normalized spacial score (nSPS) is 26.2. The molecule has 0 aromatic heterocycles. The van der Waals surface area contributed by atoms with Gasteiger partial charge in [-0.2, -0.15) is 0 Å². The molecule has 1 saturated carbocycles. The van der Waals surface area contributed by atoms with E-state index in [0.717, 1.165) is 17.5 Å². The summed E-state index contributed by atoms with van der Waals surface area (Å²) in [5.41, 5.74) is 1.43. The van der Waals surface area contributed by atoms with E-state index in [-0.39, 0.29) is 15.7 Å². The number of ether oxygens (including phenoxy) is 1. The van der Waals surface area contributed by atoms with Crippen LogP contribution in [0, 0.1) is 12.3 Å². The maximum Gasteiger partial charge on any atom is 0.263 e. The van der Waals surface area contributed by atoms with Gasteiger partial charge in [-0.1, -0.05) is 53.0 Å². The Bertz CT molecular complexity index is 1050. The topological polar surface area (TPSA) is 46.6 Å². The van der Waals surface area contributed by atoms with Crippen LogP contribution in [0.5, 0.6) is 0 Å². The van der Waals surface area contributed by atoms with Crippen LogP contribution in [0.3, 0.4) is 0 Å². The Labute approximate surface area is 175 Å². The second-order valence-corrected chi connectivity index (χ2v) is 10.4. The molecule has 2 atom stereocenters. The quantitative estimate of drug-likeness (QED) is 0.674. The molecule has 0 bridgehead atoms. The average Bonchev–Trinajstić information content (AvgIpc) is 3.33. The average molecular weight is 438 g/mol. The summed E-state index contributed by atoms with van der Waals surface area (Å²) in [5, 5.41) is 0.998. The first-order chi connectivity index (χ1) is 13.2. The predicted octanol–water partition coefficient (Wildman–Crippen LogP) is 4.79. The Kier molecular flexibility index (Phi) is 4.78. The molecule has 2 aromatic carbocycles. The second kappa shape index (κ2) is 6.77. The highest BCUT2D eigenvalue weighted by molar-refractivity contribution is 7.89. The zero-order valence-corrected chi connectivity index (χ0v) is 18.0. The van der Waals surface area contributed by atoms with E-state index in [0.29, 0.717) is 23.2 Å². The van der Waals surface area contributed by atoms with E-state index >= 15 is 0 Å². The van der Waals surface area contributed by atoms with Gasteiger partial charge < -0.3 is 4.74 Å². The second-order valence-electron chi connectivity index (χ2n) is 7.67. The lowest BCUT2D eigenvalue weighted by atomic mass is 9.84. The molecule has 1 aliphatic carbocycles. The molecule has 4 nitrogen and oxygen atoms in total. The van der Waals surface area contributed by atoms with Crippen LogP contribution in [0.4, 0.5) is 0 Å². The maximum absolute atomic E-state index is 13.1. The van der Waals surface area contributed by atoms with Crippen LogP contribution in [-0.2, 0) is 20.2 Å². The number of allylic oxidation sites excluding steroid dienone is 1. The third-order valence-corrected chi connectivity index (χ3v) is 8.38. The van der Waals surface area contributed by atoms with Crippen LogP contribution < -0.4 is 0 Å². The van der Waals surface area contributed by atoms with Gasteiger partial charge in [0.05, 0.1) is 21.5 Å². The minimum atomic E-state index is -3.62. The summed E-state index contributed by atoms with van der Waals surface area (Å²) in [6.07, 6.45) is 4.45. The van der Waals surface area contributed by atoms with E-state index in [1.54, 1.807) is 31.5 Å². The standard InChI is InChI=1S/C21H21Cl2NO3S/c1-15-3-6-17(7-4-15)28(25,26)24-10-9-21(12-20(21,13-24)14-27-2)16-5-8-18(22)19(23)11-16/h3-11H,12-14H2,1-2H3/t20-,21-/m0/s1. The number of rotatable bonds is 5. The molecule has 0 N–H and O–H groups in total. The Morgan fingerprint density at radius 1 is 1.11 bits per heavy atom. The van der Waals surface area contributed by atoms with Crippen molar-refractivity contribution >= 4 is 33.2 Å². The van der Waals surface area contributed by atoms with Crippen LogP contribution >= 0.6 is 23.2 Å². The number of halogens is 2. The fourth-order valence-corrected chi connectivity index (χ4v) is 5.96. The number of hydrogen-bond donors (Lipinski definition) is 0. The first-order valence-electron chi connectivity index (χ1n) is 8.96. The minimum absolute atomic E-state index is 0.290. The number of hydrogen-bond acceptors (Lipinski definition) is 3. The lowest BCUT2D eigenvalue weighted by Crippen LogP contribution is -2.40. The van der Waals surface area contributed by atoms with Crippen molar-refractivity contribution in [1.29, 1.82) is 0 Å². The van der Waals surface area contributed by atoms with Crippen molar-refractivity contribution in [3.8, 4) is 0 Å². The lowest BCUT2D eigenvalue weighted by Gasteiger charge is -2.34. The van der Waals surface area contributed by atoms with Gasteiger partial charge in [0.25, 0.3) is 10.0 Å². The van der Waals surface area contributed by atoms with Crippen molar-refractivity contribution in [3.05, 3.63) is 75.9 Å². The Balaban J connectivity index is 1.73. The summed E-state index contributed by atoms with van der Waals surface area (Å²) in [4.78, 5) is 0.290. The van der Waals surface area contributed by atoms with Gasteiger partial charge in [0, 0.05) is 30.7 Å². The first kappa shape index (κ1) is 19.8. The summed E-state index contributed by atoms with van der Waals surface area (Å²) < 4.78 is 33.2. The molecule has 1 aliphatic heterocycles. The molecule has 0 radical (unpaired) electrons. The van der Waals surface area contributed by atoms with Crippen molar-refractivity contribution in [1.82, 2.24) is 4.31 Å². The number of nitrogens with zero attached hydrogens (tertiary/aromatic N) is 1. The lowest BCUT2D eigenvalue weighted by molar-refractivity contribution is 0.120. The highest BCUT2D eigenvalue weighted by Gasteiger charge is 2.69. The summed E-state index contributed by atoms with van der Waals surface area (Å²) >= 11 is 12.3. The summed E-state index contributed by atoms with van der Waals surface area (Å²) in [7, 11) is -1.98. The highest BCUT2D eigenvalue weighted by Crippen LogP contribution is 2.68. The smallest absolute Gasteiger partial charge is 0.263 e. The number of benzene rings is 2. The van der Waals surface area contributed by atoms with Crippen LogP contribution in [0.2, 0.25) is 10.0 Å². The van der Waals surface area contributed by atoms with E-state index < -0.39 is 10.0 Å². The number of sulfonamides is 1. The maximum atomic E-state index is 13.1. The molecule has 2 aromatic rings. The first-order valence-corrected chi connectivity index (χ1v) is 11.2. The molecule has 2 aliphatic rings. The molecule has 7 heteroatoms. The van der Waals surface area contributed by atoms with E-state index in [2.05, 4.69) is 0 Å². The van der Waals surface area contributed by atoms with Gasteiger partial charge in [0.1, 0.15) is 0 Å². The van der Waals surface area contributed by atoms with Gasteiger partial charge in [-0.25, -0.2) is 8.42 Å². The Hall–Kier alpha value is -1.53. The molecular weight excluding hydrogens is 417 g/mol. The zero-order valence-electron chi connectivity index (χ0n) is 15.7. The summed E-state index contributed by atoms with van der Waals surface area (Å²) in [5.74, 6) is 0. The highest BCUT2D eigenvalue weighted by atomic mass is 35.5. The van der Waals surface area contributed by atoms with Gasteiger partial charge in [0.2, 0.25) is 0 Å². The molecule has 148 valence electrons. The number of aryl methyl sites for hydroxylation is 1. The Morgan fingerprint density at radius 3 is 2.46 bits per heavy atom. The predicted molar refractivity (Wildman–Crippen MR) is 111 cm³/mol. The molecule has 0 amide bonds. The summed E-state index contributed by atoms with van der Waals surface area (Å²) in [6, 6.07) is 12.5. The fraction of sp³-hybridized carbons (Fsp3) is 0.333. The van der Waals surface area contributed by atoms with Crippen molar-refractivity contribution in [2.45, 2.75) is 23.7 Å². The molecule has 0 spiro atoms. The summed E-state index contributed by atoms with van der Waals surface area (Å²) in [6.45, 7) is 2.74. The third-order valence-electron chi connectivity index (χ3n) is 5.91. The van der Waals surface area contributed by atoms with Crippen LogP contribution in [0.25, 0.3) is 0 Å². The van der Waals surface area contributed by atoms with Crippen molar-refractivity contribution in [3.63, 3.8) is 0 Å². The number of methoxy groups -OCH3 is 1. The van der Waals surface area contributed by atoms with Crippen LogP contribution in [0.1, 0.15) is 17.5 Å². The monoisotopic (exact) mass is 437 g/mol. The molecule has 0 unspecified atom stereocenters. The van der Waals surface area contributed by atoms with Gasteiger partial charge in [-0.15, -0.1) is 0 Å². The van der Waals surface area contributed by atoms with E-state index in [1.165, 1.54) is 4.31 Å². The SMILES string of the molecule is COC[C@]12CN(S(=O)(=O)c3ccc(C)cc3)C=C[C@@]1(c1ccc(Cl)c(Cl)c1)C2.